The number of rotatable bonds is 5. The Labute approximate surface area is 121 Å². The molecule has 0 fully saturated rings. The van der Waals surface area contributed by atoms with Gasteiger partial charge in [-0.25, -0.2) is 4.39 Å². The number of nitrogens with one attached hydrogen (secondary N) is 1. The van der Waals surface area contributed by atoms with Crippen molar-refractivity contribution in [1.82, 2.24) is 20.2 Å². The minimum Gasteiger partial charge on any atom is -0.352 e. The minimum atomic E-state index is -0.321. The average molecular weight is 283 g/mol. The number of nitrogens with zero attached hydrogens (tertiary/aromatic N) is 4. The predicted octanol–water partition coefficient (Wildman–Crippen LogP) is 2.46. The van der Waals surface area contributed by atoms with Gasteiger partial charge in [-0.2, -0.15) is 4.68 Å². The average Bonchev–Trinajstić information content (AvgIpc) is 2.97. The summed E-state index contributed by atoms with van der Waals surface area (Å²) in [4.78, 5) is 0. The third kappa shape index (κ3) is 3.22. The molecule has 0 unspecified atom stereocenters. The monoisotopic (exact) mass is 283 g/mol. The number of anilines is 1. The van der Waals surface area contributed by atoms with E-state index < -0.39 is 0 Å². The van der Waals surface area contributed by atoms with Crippen molar-refractivity contribution in [2.75, 3.05) is 11.9 Å². The van der Waals surface area contributed by atoms with Crippen molar-refractivity contribution in [1.29, 1.82) is 0 Å². The van der Waals surface area contributed by atoms with Gasteiger partial charge >= 0.3 is 0 Å². The van der Waals surface area contributed by atoms with Crippen LogP contribution in [0.3, 0.4) is 0 Å². The Bertz CT molecular complexity index is 711. The molecule has 6 heteroatoms. The third-order valence-electron chi connectivity index (χ3n) is 3.06. The number of aromatic nitrogens is 4. The molecule has 21 heavy (non-hydrogen) atoms. The number of hydrogen-bond donors (Lipinski definition) is 1. The SMILES string of the molecule is Fc1cccc(-n2nnnc2NCCc2ccccc2)c1. The molecule has 0 radical (unpaired) electrons. The quantitative estimate of drug-likeness (QED) is 0.781. The molecule has 0 atom stereocenters. The normalized spacial score (nSPS) is 10.5. The maximum Gasteiger partial charge on any atom is 0.247 e. The Kier molecular flexibility index (Phi) is 3.86. The second-order valence-electron chi connectivity index (χ2n) is 4.56. The summed E-state index contributed by atoms with van der Waals surface area (Å²) in [6.45, 7) is 0.694. The summed E-state index contributed by atoms with van der Waals surface area (Å²) in [5, 5.41) is 14.6. The second-order valence-corrected chi connectivity index (χ2v) is 4.56. The fraction of sp³-hybridized carbons (Fsp3) is 0.133. The first-order chi connectivity index (χ1) is 10.3. The van der Waals surface area contributed by atoms with Gasteiger partial charge in [0.25, 0.3) is 0 Å². The van der Waals surface area contributed by atoms with Gasteiger partial charge in [0, 0.05) is 6.54 Å². The van der Waals surface area contributed by atoms with Crippen LogP contribution in [0.25, 0.3) is 5.69 Å². The van der Waals surface area contributed by atoms with Crippen LogP contribution in [0.5, 0.6) is 0 Å². The van der Waals surface area contributed by atoms with Gasteiger partial charge in [0.05, 0.1) is 5.69 Å². The maximum absolute atomic E-state index is 13.3. The van der Waals surface area contributed by atoms with Gasteiger partial charge in [-0.05, 0) is 40.6 Å². The van der Waals surface area contributed by atoms with Crippen molar-refractivity contribution in [3.63, 3.8) is 0 Å². The lowest BCUT2D eigenvalue weighted by Crippen LogP contribution is -2.10. The molecular weight excluding hydrogens is 269 g/mol. The van der Waals surface area contributed by atoms with Crippen molar-refractivity contribution in [3.8, 4) is 5.69 Å². The number of tetrazole rings is 1. The topological polar surface area (TPSA) is 55.6 Å². The van der Waals surface area contributed by atoms with Crippen LogP contribution in [0.4, 0.5) is 10.3 Å². The molecule has 0 spiro atoms. The molecule has 0 saturated carbocycles. The van der Waals surface area contributed by atoms with E-state index in [0.29, 0.717) is 18.2 Å². The molecule has 0 amide bonds. The van der Waals surface area contributed by atoms with Crippen molar-refractivity contribution in [2.45, 2.75) is 6.42 Å². The molecule has 0 saturated heterocycles. The number of halogens is 1. The van der Waals surface area contributed by atoms with Crippen LogP contribution < -0.4 is 5.32 Å². The minimum absolute atomic E-state index is 0.321. The smallest absolute Gasteiger partial charge is 0.247 e. The standard InChI is InChI=1S/C15H14FN5/c16-13-7-4-8-14(11-13)21-15(18-19-20-21)17-10-9-12-5-2-1-3-6-12/h1-8,11H,9-10H2,(H,17,18,20). The molecule has 2 aromatic carbocycles. The predicted molar refractivity (Wildman–Crippen MR) is 77.7 cm³/mol. The lowest BCUT2D eigenvalue weighted by molar-refractivity contribution is 0.625. The van der Waals surface area contributed by atoms with Gasteiger partial charge in [0.1, 0.15) is 5.82 Å². The summed E-state index contributed by atoms with van der Waals surface area (Å²) < 4.78 is 14.7. The Morgan fingerprint density at radius 1 is 1.05 bits per heavy atom. The highest BCUT2D eigenvalue weighted by Crippen LogP contribution is 2.12. The van der Waals surface area contributed by atoms with E-state index in [9.17, 15) is 4.39 Å². The van der Waals surface area contributed by atoms with Gasteiger partial charge in [-0.3, -0.25) is 0 Å². The summed E-state index contributed by atoms with van der Waals surface area (Å²) in [5.41, 5.74) is 1.82. The third-order valence-corrected chi connectivity index (χ3v) is 3.06. The molecule has 0 aliphatic heterocycles. The van der Waals surface area contributed by atoms with Crippen molar-refractivity contribution in [3.05, 3.63) is 66.0 Å². The Morgan fingerprint density at radius 2 is 1.90 bits per heavy atom. The molecule has 3 rings (SSSR count). The summed E-state index contributed by atoms with van der Waals surface area (Å²) in [5.74, 6) is 0.176. The molecule has 1 heterocycles. The van der Waals surface area contributed by atoms with Gasteiger partial charge in [-0.1, -0.05) is 41.5 Å². The lowest BCUT2D eigenvalue weighted by Gasteiger charge is -2.07. The van der Waals surface area contributed by atoms with Crippen LogP contribution in [0.1, 0.15) is 5.56 Å². The van der Waals surface area contributed by atoms with Crippen LogP contribution in [-0.2, 0) is 6.42 Å². The molecule has 0 aliphatic rings. The van der Waals surface area contributed by atoms with Crippen LogP contribution in [0.2, 0.25) is 0 Å². The Balaban J connectivity index is 1.69. The lowest BCUT2D eigenvalue weighted by atomic mass is 10.1. The van der Waals surface area contributed by atoms with Crippen LogP contribution in [0.15, 0.2) is 54.6 Å². The second kappa shape index (κ2) is 6.13. The molecule has 0 aliphatic carbocycles. The van der Waals surface area contributed by atoms with E-state index in [2.05, 4.69) is 33.0 Å². The summed E-state index contributed by atoms with van der Waals surface area (Å²) in [6, 6.07) is 16.3. The Hall–Kier alpha value is -2.76. The van der Waals surface area contributed by atoms with Gasteiger partial charge in [-0.15, -0.1) is 0 Å². The molecule has 5 nitrogen and oxygen atoms in total. The highest BCUT2D eigenvalue weighted by atomic mass is 19.1. The molecule has 1 N–H and O–H groups in total. The maximum atomic E-state index is 13.3. The van der Waals surface area contributed by atoms with E-state index in [1.165, 1.54) is 22.4 Å². The summed E-state index contributed by atoms with van der Waals surface area (Å²) in [6.07, 6.45) is 0.858. The molecular formula is C15H14FN5. The van der Waals surface area contributed by atoms with Crippen molar-refractivity contribution >= 4 is 5.95 Å². The van der Waals surface area contributed by atoms with E-state index in [1.54, 1.807) is 12.1 Å². The van der Waals surface area contributed by atoms with Gasteiger partial charge in [0.2, 0.25) is 5.95 Å². The van der Waals surface area contributed by atoms with Gasteiger partial charge in [0.15, 0.2) is 0 Å². The van der Waals surface area contributed by atoms with Gasteiger partial charge < -0.3 is 5.32 Å². The van der Waals surface area contributed by atoms with E-state index in [4.69, 9.17) is 0 Å². The fourth-order valence-corrected chi connectivity index (χ4v) is 2.04. The van der Waals surface area contributed by atoms with E-state index in [0.717, 1.165) is 6.42 Å². The zero-order chi connectivity index (χ0) is 14.5. The van der Waals surface area contributed by atoms with Crippen molar-refractivity contribution in [2.24, 2.45) is 0 Å². The van der Waals surface area contributed by atoms with Crippen LogP contribution >= 0.6 is 0 Å². The van der Waals surface area contributed by atoms with Crippen LogP contribution in [0, 0.1) is 5.82 Å². The summed E-state index contributed by atoms with van der Waals surface area (Å²) >= 11 is 0. The molecule has 106 valence electrons. The fourth-order valence-electron chi connectivity index (χ4n) is 2.04. The van der Waals surface area contributed by atoms with E-state index in [-0.39, 0.29) is 5.82 Å². The van der Waals surface area contributed by atoms with Crippen LogP contribution in [-0.4, -0.2) is 26.8 Å². The first-order valence-corrected chi connectivity index (χ1v) is 6.65. The van der Waals surface area contributed by atoms with E-state index >= 15 is 0 Å². The first kappa shape index (κ1) is 13.2. The van der Waals surface area contributed by atoms with Crippen molar-refractivity contribution < 1.29 is 4.39 Å². The van der Waals surface area contributed by atoms with E-state index in [1.807, 2.05) is 18.2 Å². The zero-order valence-corrected chi connectivity index (χ0v) is 11.3. The summed E-state index contributed by atoms with van der Waals surface area (Å²) in [7, 11) is 0. The highest BCUT2D eigenvalue weighted by Gasteiger charge is 2.08. The number of benzene rings is 2. The highest BCUT2D eigenvalue weighted by molar-refractivity contribution is 5.38. The number of hydrogen-bond acceptors (Lipinski definition) is 4. The molecule has 0 bridgehead atoms. The zero-order valence-electron chi connectivity index (χ0n) is 11.3. The first-order valence-electron chi connectivity index (χ1n) is 6.65. The molecule has 1 aromatic heterocycles. The molecule has 3 aromatic rings. The Morgan fingerprint density at radius 3 is 2.71 bits per heavy atom. The largest absolute Gasteiger partial charge is 0.352 e.